The molecule has 11 heavy (non-hydrogen) atoms. The predicted octanol–water partition coefficient (Wildman–Crippen LogP) is 0.719. The first-order valence-corrected chi connectivity index (χ1v) is 4.14. The molecule has 0 radical (unpaired) electrons. The molecule has 0 saturated heterocycles. The summed E-state index contributed by atoms with van der Waals surface area (Å²) >= 11 is 0. The number of aromatic nitrogens is 2. The molecule has 1 aromatic rings. The van der Waals surface area contributed by atoms with E-state index in [4.69, 9.17) is 5.73 Å². The molecule has 2 heterocycles. The molecule has 1 aromatic heterocycles. The van der Waals surface area contributed by atoms with Crippen LogP contribution in [0.2, 0.25) is 0 Å². The minimum absolute atomic E-state index is 0.453. The Labute approximate surface area is 66.2 Å². The number of rotatable bonds is 1. The van der Waals surface area contributed by atoms with E-state index < -0.39 is 0 Å². The minimum atomic E-state index is 0.453. The molecule has 3 heteroatoms. The van der Waals surface area contributed by atoms with Crippen LogP contribution in [-0.2, 0) is 6.42 Å². The second-order valence-corrected chi connectivity index (χ2v) is 3.05. The van der Waals surface area contributed by atoms with Crippen LogP contribution in [-0.4, -0.2) is 16.3 Å². The van der Waals surface area contributed by atoms with Crippen LogP contribution in [0.25, 0.3) is 0 Å². The van der Waals surface area contributed by atoms with Gasteiger partial charge in [-0.3, -0.25) is 4.68 Å². The Balaban J connectivity index is 2.32. The Hall–Kier alpha value is -0.830. The van der Waals surface area contributed by atoms with Gasteiger partial charge in [0.1, 0.15) is 0 Å². The van der Waals surface area contributed by atoms with Crippen LogP contribution in [0.3, 0.4) is 0 Å². The van der Waals surface area contributed by atoms with Crippen molar-refractivity contribution >= 4 is 0 Å². The third kappa shape index (κ3) is 1.05. The lowest BCUT2D eigenvalue weighted by Crippen LogP contribution is -2.25. The highest BCUT2D eigenvalue weighted by Gasteiger charge is 2.17. The van der Waals surface area contributed by atoms with E-state index in [0.29, 0.717) is 12.6 Å². The Morgan fingerprint density at radius 2 is 2.64 bits per heavy atom. The number of nitrogens with zero attached hydrogens (tertiary/aromatic N) is 2. The van der Waals surface area contributed by atoms with Crippen LogP contribution < -0.4 is 5.73 Å². The van der Waals surface area contributed by atoms with Gasteiger partial charge in [-0.2, -0.15) is 5.10 Å². The fraction of sp³-hybridized carbons (Fsp3) is 0.625. The van der Waals surface area contributed by atoms with Crippen molar-refractivity contribution in [2.24, 2.45) is 5.73 Å². The van der Waals surface area contributed by atoms with E-state index in [1.165, 1.54) is 18.5 Å². The van der Waals surface area contributed by atoms with Gasteiger partial charge in [0.15, 0.2) is 0 Å². The van der Waals surface area contributed by atoms with Crippen molar-refractivity contribution in [3.63, 3.8) is 0 Å². The largest absolute Gasteiger partial charge is 0.328 e. The number of hydrogen-bond acceptors (Lipinski definition) is 2. The van der Waals surface area contributed by atoms with Gasteiger partial charge in [0.05, 0.1) is 6.04 Å². The SMILES string of the molecule is NCC1CCCc2ccnn21. The molecular weight excluding hydrogens is 138 g/mol. The molecule has 2 rings (SSSR count). The standard InChI is InChI=1S/C8H13N3/c9-6-8-3-1-2-7-4-5-10-11(7)8/h4-5,8H,1-3,6,9H2. The monoisotopic (exact) mass is 151 g/mol. The Morgan fingerprint density at radius 1 is 1.73 bits per heavy atom. The van der Waals surface area contributed by atoms with Gasteiger partial charge in [0.25, 0.3) is 0 Å². The first-order chi connectivity index (χ1) is 5.42. The molecule has 1 aliphatic rings. The molecule has 1 aliphatic heterocycles. The number of hydrogen-bond donors (Lipinski definition) is 1. The maximum Gasteiger partial charge on any atom is 0.0644 e. The molecule has 0 spiro atoms. The third-order valence-electron chi connectivity index (χ3n) is 2.34. The second kappa shape index (κ2) is 2.66. The maximum atomic E-state index is 5.62. The summed E-state index contributed by atoms with van der Waals surface area (Å²) in [7, 11) is 0. The van der Waals surface area contributed by atoms with E-state index in [2.05, 4.69) is 15.8 Å². The van der Waals surface area contributed by atoms with Crippen LogP contribution in [0.1, 0.15) is 24.6 Å². The van der Waals surface area contributed by atoms with E-state index >= 15 is 0 Å². The van der Waals surface area contributed by atoms with Gasteiger partial charge in [0.2, 0.25) is 0 Å². The summed E-state index contributed by atoms with van der Waals surface area (Å²) < 4.78 is 2.07. The van der Waals surface area contributed by atoms with Gasteiger partial charge < -0.3 is 5.73 Å². The fourth-order valence-electron chi connectivity index (χ4n) is 1.73. The molecule has 1 atom stereocenters. The fourth-order valence-corrected chi connectivity index (χ4v) is 1.73. The summed E-state index contributed by atoms with van der Waals surface area (Å²) in [5.74, 6) is 0. The predicted molar refractivity (Wildman–Crippen MR) is 43.3 cm³/mol. The second-order valence-electron chi connectivity index (χ2n) is 3.05. The molecular formula is C8H13N3. The van der Waals surface area contributed by atoms with Gasteiger partial charge in [-0.15, -0.1) is 0 Å². The molecule has 0 bridgehead atoms. The zero-order chi connectivity index (χ0) is 7.68. The summed E-state index contributed by atoms with van der Waals surface area (Å²) in [5.41, 5.74) is 6.96. The van der Waals surface area contributed by atoms with Crippen molar-refractivity contribution in [1.82, 2.24) is 9.78 Å². The zero-order valence-corrected chi connectivity index (χ0v) is 6.53. The van der Waals surface area contributed by atoms with Crippen LogP contribution in [0.4, 0.5) is 0 Å². The Kier molecular flexibility index (Phi) is 1.66. The van der Waals surface area contributed by atoms with Crippen molar-refractivity contribution in [3.8, 4) is 0 Å². The molecule has 0 fully saturated rings. The van der Waals surface area contributed by atoms with Crippen molar-refractivity contribution in [2.45, 2.75) is 25.3 Å². The lowest BCUT2D eigenvalue weighted by molar-refractivity contribution is 0.373. The van der Waals surface area contributed by atoms with Crippen LogP contribution >= 0.6 is 0 Å². The summed E-state index contributed by atoms with van der Waals surface area (Å²) in [6, 6.07) is 2.54. The highest BCUT2D eigenvalue weighted by atomic mass is 15.3. The van der Waals surface area contributed by atoms with E-state index in [1.807, 2.05) is 6.20 Å². The summed E-state index contributed by atoms with van der Waals surface area (Å²) in [6.45, 7) is 0.717. The molecule has 0 aromatic carbocycles. The highest BCUT2D eigenvalue weighted by molar-refractivity contribution is 5.04. The highest BCUT2D eigenvalue weighted by Crippen LogP contribution is 2.21. The van der Waals surface area contributed by atoms with Gasteiger partial charge in [-0.25, -0.2) is 0 Å². The van der Waals surface area contributed by atoms with Gasteiger partial charge in [0, 0.05) is 18.4 Å². The topological polar surface area (TPSA) is 43.8 Å². The molecule has 3 nitrogen and oxygen atoms in total. The minimum Gasteiger partial charge on any atom is -0.328 e. The van der Waals surface area contributed by atoms with E-state index in [0.717, 1.165) is 6.42 Å². The summed E-state index contributed by atoms with van der Waals surface area (Å²) in [4.78, 5) is 0. The van der Waals surface area contributed by atoms with Crippen LogP contribution in [0.5, 0.6) is 0 Å². The lowest BCUT2D eigenvalue weighted by Gasteiger charge is -2.22. The quantitative estimate of drug-likeness (QED) is 0.642. The van der Waals surface area contributed by atoms with Gasteiger partial charge in [-0.1, -0.05) is 0 Å². The molecule has 0 amide bonds. The van der Waals surface area contributed by atoms with Gasteiger partial charge >= 0.3 is 0 Å². The number of nitrogens with two attached hydrogens (primary N) is 1. The first kappa shape index (κ1) is 6.85. The smallest absolute Gasteiger partial charge is 0.0644 e. The Morgan fingerprint density at radius 3 is 3.45 bits per heavy atom. The molecule has 0 aliphatic carbocycles. The van der Waals surface area contributed by atoms with Crippen LogP contribution in [0.15, 0.2) is 12.3 Å². The third-order valence-corrected chi connectivity index (χ3v) is 2.34. The summed E-state index contributed by atoms with van der Waals surface area (Å²) in [5, 5.41) is 4.25. The summed E-state index contributed by atoms with van der Waals surface area (Å²) in [6.07, 6.45) is 5.47. The van der Waals surface area contributed by atoms with Crippen molar-refractivity contribution in [1.29, 1.82) is 0 Å². The average Bonchev–Trinajstić information content (AvgIpc) is 2.50. The van der Waals surface area contributed by atoms with Crippen molar-refractivity contribution in [3.05, 3.63) is 18.0 Å². The van der Waals surface area contributed by atoms with Crippen LogP contribution in [0, 0.1) is 0 Å². The Bertz CT molecular complexity index is 241. The lowest BCUT2D eigenvalue weighted by atomic mass is 10.0. The number of aryl methyl sites for hydroxylation is 1. The first-order valence-electron chi connectivity index (χ1n) is 4.14. The average molecular weight is 151 g/mol. The zero-order valence-electron chi connectivity index (χ0n) is 6.53. The maximum absolute atomic E-state index is 5.62. The normalized spacial score (nSPS) is 23.2. The number of fused-ring (bicyclic) bond motifs is 1. The van der Waals surface area contributed by atoms with Gasteiger partial charge in [-0.05, 0) is 25.3 Å². The molecule has 0 saturated carbocycles. The molecule has 1 unspecified atom stereocenters. The van der Waals surface area contributed by atoms with E-state index in [1.54, 1.807) is 0 Å². The molecule has 2 N–H and O–H groups in total. The van der Waals surface area contributed by atoms with E-state index in [9.17, 15) is 0 Å². The van der Waals surface area contributed by atoms with Crippen molar-refractivity contribution in [2.75, 3.05) is 6.54 Å². The van der Waals surface area contributed by atoms with Crippen molar-refractivity contribution < 1.29 is 0 Å². The molecule has 60 valence electrons. The van der Waals surface area contributed by atoms with E-state index in [-0.39, 0.29) is 0 Å².